The van der Waals surface area contributed by atoms with Gasteiger partial charge in [0.2, 0.25) is 0 Å². The molecule has 0 radical (unpaired) electrons. The molecule has 1 aliphatic heterocycles. The van der Waals surface area contributed by atoms with Gasteiger partial charge in [-0.2, -0.15) is 13.2 Å². The van der Waals surface area contributed by atoms with Crippen molar-refractivity contribution in [3.63, 3.8) is 0 Å². The molecule has 1 aromatic rings. The average molecular weight is 315 g/mol. The first-order valence-corrected chi connectivity index (χ1v) is 7.12. The number of hydrogen-bond donors (Lipinski definition) is 1. The Hall–Kier alpha value is -1.67. The third kappa shape index (κ3) is 2.80. The van der Waals surface area contributed by atoms with Crippen LogP contribution in [0.2, 0.25) is 0 Å². The van der Waals surface area contributed by atoms with Crippen LogP contribution >= 0.6 is 0 Å². The molecule has 5 nitrogen and oxygen atoms in total. The Labute approximate surface area is 125 Å². The number of nitrogens with zero attached hydrogens (tertiary/aromatic N) is 2. The highest BCUT2D eigenvalue weighted by atomic mass is 19.4. The lowest BCUT2D eigenvalue weighted by Gasteiger charge is -2.37. The van der Waals surface area contributed by atoms with Crippen LogP contribution in [0.15, 0.2) is 18.2 Å². The van der Waals surface area contributed by atoms with Crippen LogP contribution in [-0.4, -0.2) is 35.0 Å². The quantitative estimate of drug-likeness (QED) is 0.688. The van der Waals surface area contributed by atoms with Gasteiger partial charge in [-0.05, 0) is 18.4 Å². The Kier molecular flexibility index (Phi) is 3.60. The highest BCUT2D eigenvalue weighted by Crippen LogP contribution is 2.44. The number of halogens is 3. The predicted molar refractivity (Wildman–Crippen MR) is 73.3 cm³/mol. The van der Waals surface area contributed by atoms with Gasteiger partial charge in [0, 0.05) is 43.9 Å². The molecule has 0 bridgehead atoms. The van der Waals surface area contributed by atoms with E-state index in [9.17, 15) is 23.3 Å². The number of hydrogen-bond acceptors (Lipinski definition) is 4. The summed E-state index contributed by atoms with van der Waals surface area (Å²) in [6, 6.07) is 3.02. The molecule has 3 rings (SSSR count). The van der Waals surface area contributed by atoms with Gasteiger partial charge in [-0.3, -0.25) is 15.0 Å². The number of nitrogens with one attached hydrogen (secondary N) is 1. The molecule has 8 heteroatoms. The number of benzene rings is 1. The zero-order valence-electron chi connectivity index (χ0n) is 11.8. The number of non-ortho nitro benzene ring substituents is 1. The van der Waals surface area contributed by atoms with E-state index in [1.54, 1.807) is 0 Å². The summed E-state index contributed by atoms with van der Waals surface area (Å²) in [6.07, 6.45) is -2.63. The van der Waals surface area contributed by atoms with Crippen molar-refractivity contribution in [1.82, 2.24) is 10.2 Å². The summed E-state index contributed by atoms with van der Waals surface area (Å²) < 4.78 is 39.6. The Morgan fingerprint density at radius 2 is 2.09 bits per heavy atom. The third-order valence-electron chi connectivity index (χ3n) is 4.48. The van der Waals surface area contributed by atoms with Crippen molar-refractivity contribution in [2.75, 3.05) is 19.6 Å². The molecule has 120 valence electrons. The maximum Gasteiger partial charge on any atom is 0.416 e. The summed E-state index contributed by atoms with van der Waals surface area (Å²) >= 11 is 0. The van der Waals surface area contributed by atoms with Crippen molar-refractivity contribution in [1.29, 1.82) is 0 Å². The van der Waals surface area contributed by atoms with Gasteiger partial charge in [0.15, 0.2) is 0 Å². The molecular formula is C14H16F3N3O2. The largest absolute Gasteiger partial charge is 0.416 e. The second-order valence-corrected chi connectivity index (χ2v) is 5.92. The minimum atomic E-state index is -4.59. The van der Waals surface area contributed by atoms with Gasteiger partial charge >= 0.3 is 6.18 Å². The maximum atomic E-state index is 13.2. The first kappa shape index (κ1) is 15.2. The molecule has 2 aliphatic rings. The lowest BCUT2D eigenvalue weighted by atomic mass is 10.0. The molecule has 1 aliphatic carbocycles. The van der Waals surface area contributed by atoms with Crippen LogP contribution in [0.4, 0.5) is 18.9 Å². The molecule has 1 saturated heterocycles. The molecule has 1 aromatic carbocycles. The smallest absolute Gasteiger partial charge is 0.314 e. The van der Waals surface area contributed by atoms with Crippen molar-refractivity contribution in [2.24, 2.45) is 0 Å². The minimum absolute atomic E-state index is 0.0249. The topological polar surface area (TPSA) is 58.4 Å². The summed E-state index contributed by atoms with van der Waals surface area (Å²) in [5.74, 6) is 0. The van der Waals surface area contributed by atoms with Crippen LogP contribution in [0.1, 0.15) is 24.0 Å². The van der Waals surface area contributed by atoms with Gasteiger partial charge in [-0.25, -0.2) is 0 Å². The molecule has 1 heterocycles. The normalized spacial score (nSPS) is 21.0. The third-order valence-corrected chi connectivity index (χ3v) is 4.48. The number of piperazine rings is 1. The predicted octanol–water partition coefficient (Wildman–Crippen LogP) is 2.55. The van der Waals surface area contributed by atoms with Gasteiger partial charge in [0.25, 0.3) is 5.69 Å². The van der Waals surface area contributed by atoms with Gasteiger partial charge in [0.05, 0.1) is 10.5 Å². The first-order valence-electron chi connectivity index (χ1n) is 7.12. The minimum Gasteiger partial charge on any atom is -0.314 e. The van der Waals surface area contributed by atoms with Crippen LogP contribution in [0, 0.1) is 10.1 Å². The fourth-order valence-corrected chi connectivity index (χ4v) is 3.05. The van der Waals surface area contributed by atoms with Crippen molar-refractivity contribution in [3.8, 4) is 0 Å². The zero-order chi connectivity index (χ0) is 16.0. The van der Waals surface area contributed by atoms with Crippen LogP contribution < -0.4 is 5.32 Å². The molecule has 22 heavy (non-hydrogen) atoms. The number of nitro groups is 1. The highest BCUT2D eigenvalue weighted by Gasteiger charge is 2.49. The second-order valence-electron chi connectivity index (χ2n) is 5.92. The number of nitro benzene ring substituents is 1. The lowest BCUT2D eigenvalue weighted by Crippen LogP contribution is -2.52. The summed E-state index contributed by atoms with van der Waals surface area (Å²) in [4.78, 5) is 12.0. The fourth-order valence-electron chi connectivity index (χ4n) is 3.05. The van der Waals surface area contributed by atoms with E-state index in [0.29, 0.717) is 12.6 Å². The fraction of sp³-hybridized carbons (Fsp3) is 0.571. The Morgan fingerprint density at radius 1 is 1.36 bits per heavy atom. The highest BCUT2D eigenvalue weighted by molar-refractivity contribution is 5.41. The summed E-state index contributed by atoms with van der Waals surface area (Å²) in [7, 11) is 0. The van der Waals surface area contributed by atoms with Crippen molar-refractivity contribution in [2.45, 2.75) is 31.1 Å². The van der Waals surface area contributed by atoms with Crippen molar-refractivity contribution < 1.29 is 18.1 Å². The Bertz CT molecular complexity index is 599. The van der Waals surface area contributed by atoms with Gasteiger partial charge in [-0.1, -0.05) is 6.07 Å². The van der Waals surface area contributed by atoms with Crippen LogP contribution in [-0.2, 0) is 12.7 Å². The Morgan fingerprint density at radius 3 is 2.68 bits per heavy atom. The van der Waals surface area contributed by atoms with Crippen LogP contribution in [0.5, 0.6) is 0 Å². The molecule has 1 N–H and O–H groups in total. The molecule has 0 atom stereocenters. The number of alkyl halides is 3. The van der Waals surface area contributed by atoms with Crippen LogP contribution in [0.25, 0.3) is 0 Å². The van der Waals surface area contributed by atoms with Crippen molar-refractivity contribution in [3.05, 3.63) is 39.4 Å². The SMILES string of the molecule is O=[N+]([O-])c1ccc(CN2CCNCC23CC3)c(C(F)(F)F)c1. The zero-order valence-corrected chi connectivity index (χ0v) is 11.8. The molecule has 0 amide bonds. The Balaban J connectivity index is 1.91. The first-order chi connectivity index (χ1) is 10.3. The average Bonchev–Trinajstić information content (AvgIpc) is 3.21. The van der Waals surface area contributed by atoms with E-state index in [4.69, 9.17) is 0 Å². The van der Waals surface area contributed by atoms with Gasteiger partial charge < -0.3 is 5.32 Å². The van der Waals surface area contributed by atoms with E-state index in [1.165, 1.54) is 6.07 Å². The summed E-state index contributed by atoms with van der Waals surface area (Å²) in [5, 5.41) is 14.0. The van der Waals surface area contributed by atoms with E-state index in [-0.39, 0.29) is 17.6 Å². The monoisotopic (exact) mass is 315 g/mol. The standard InChI is InChI=1S/C14H16F3N3O2/c15-14(16,17)12-7-11(20(21)22)2-1-10(12)8-19-6-5-18-9-13(19)3-4-13/h1-2,7,18H,3-6,8-9H2. The van der Waals surface area contributed by atoms with E-state index in [1.807, 2.05) is 0 Å². The second kappa shape index (κ2) is 5.20. The van der Waals surface area contributed by atoms with E-state index < -0.39 is 22.4 Å². The molecule has 2 fully saturated rings. The molecule has 0 unspecified atom stereocenters. The molecule has 1 spiro atoms. The van der Waals surface area contributed by atoms with E-state index in [2.05, 4.69) is 10.2 Å². The molecule has 0 aromatic heterocycles. The van der Waals surface area contributed by atoms with E-state index in [0.717, 1.165) is 32.0 Å². The van der Waals surface area contributed by atoms with Gasteiger partial charge in [0.1, 0.15) is 0 Å². The van der Waals surface area contributed by atoms with Crippen molar-refractivity contribution >= 4 is 5.69 Å². The summed E-state index contributed by atoms with van der Waals surface area (Å²) in [6.45, 7) is 2.40. The molecule has 1 saturated carbocycles. The van der Waals surface area contributed by atoms with E-state index >= 15 is 0 Å². The number of rotatable bonds is 3. The summed E-state index contributed by atoms with van der Waals surface area (Å²) in [5.41, 5.74) is -1.36. The lowest BCUT2D eigenvalue weighted by molar-refractivity contribution is -0.385. The van der Waals surface area contributed by atoms with Gasteiger partial charge in [-0.15, -0.1) is 0 Å². The molecular weight excluding hydrogens is 299 g/mol. The maximum absolute atomic E-state index is 13.2. The van der Waals surface area contributed by atoms with Crippen LogP contribution in [0.3, 0.4) is 0 Å².